The fourth-order valence-corrected chi connectivity index (χ4v) is 5.01. The SMILES string of the molecule is CC12CC3CC(CC(C3)C13OC(=O)O3)C2. The lowest BCUT2D eigenvalue weighted by Crippen LogP contribution is -2.71. The van der Waals surface area contributed by atoms with Crippen LogP contribution < -0.4 is 0 Å². The molecule has 4 aliphatic carbocycles. The first-order chi connectivity index (χ1) is 7.11. The van der Waals surface area contributed by atoms with Crippen LogP contribution in [0.15, 0.2) is 0 Å². The van der Waals surface area contributed by atoms with Crippen LogP contribution >= 0.6 is 0 Å². The van der Waals surface area contributed by atoms with Crippen LogP contribution in [0.5, 0.6) is 0 Å². The fraction of sp³-hybridized carbons (Fsp3) is 0.917. The first-order valence-electron chi connectivity index (χ1n) is 6.03. The standard InChI is InChI=1S/C12H16O3/c1-11-5-7-2-8(6-11)4-9(3-7)12(11)14-10(13)15-12/h7-9H,2-6H2,1H3. The molecule has 2 atom stereocenters. The van der Waals surface area contributed by atoms with Crippen LogP contribution in [0.1, 0.15) is 39.0 Å². The Bertz CT molecular complexity index is 327. The van der Waals surface area contributed by atoms with Crippen molar-refractivity contribution in [1.82, 2.24) is 0 Å². The minimum absolute atomic E-state index is 0.107. The van der Waals surface area contributed by atoms with Crippen LogP contribution in [0, 0.1) is 23.2 Å². The third kappa shape index (κ3) is 0.787. The van der Waals surface area contributed by atoms with Crippen LogP contribution in [0.4, 0.5) is 4.79 Å². The second-order valence-corrected chi connectivity index (χ2v) is 6.23. The van der Waals surface area contributed by atoms with Crippen molar-refractivity contribution in [2.75, 3.05) is 0 Å². The quantitative estimate of drug-likeness (QED) is 0.574. The predicted molar refractivity (Wildman–Crippen MR) is 52.0 cm³/mol. The Morgan fingerprint density at radius 2 is 1.73 bits per heavy atom. The highest BCUT2D eigenvalue weighted by Gasteiger charge is 2.72. The Kier molecular flexibility index (Phi) is 1.22. The molecular weight excluding hydrogens is 192 g/mol. The topological polar surface area (TPSA) is 35.5 Å². The summed E-state index contributed by atoms with van der Waals surface area (Å²) >= 11 is 0. The van der Waals surface area contributed by atoms with Crippen molar-refractivity contribution in [3.05, 3.63) is 0 Å². The maximum atomic E-state index is 11.0. The average Bonchev–Trinajstić information content (AvgIpc) is 2.07. The van der Waals surface area contributed by atoms with Gasteiger partial charge in [0.1, 0.15) is 0 Å². The van der Waals surface area contributed by atoms with E-state index < -0.39 is 11.9 Å². The Balaban J connectivity index is 1.78. The second kappa shape index (κ2) is 2.18. The Morgan fingerprint density at radius 3 is 2.20 bits per heavy atom. The van der Waals surface area contributed by atoms with Crippen molar-refractivity contribution in [2.45, 2.75) is 44.8 Å². The van der Waals surface area contributed by atoms with Crippen molar-refractivity contribution in [1.29, 1.82) is 0 Å². The van der Waals surface area contributed by atoms with Gasteiger partial charge in [-0.15, -0.1) is 0 Å². The second-order valence-electron chi connectivity index (χ2n) is 6.23. The van der Waals surface area contributed by atoms with Crippen LogP contribution in [-0.2, 0) is 9.47 Å². The zero-order valence-corrected chi connectivity index (χ0v) is 8.99. The number of carbonyl (C=O) groups excluding carboxylic acids is 1. The van der Waals surface area contributed by atoms with Gasteiger partial charge in [-0.25, -0.2) is 4.79 Å². The van der Waals surface area contributed by atoms with Crippen molar-refractivity contribution in [3.63, 3.8) is 0 Å². The Labute approximate surface area is 89.1 Å². The van der Waals surface area contributed by atoms with Gasteiger partial charge in [-0.3, -0.25) is 0 Å². The highest BCUT2D eigenvalue weighted by molar-refractivity contribution is 5.66. The van der Waals surface area contributed by atoms with Gasteiger partial charge in [0.25, 0.3) is 5.79 Å². The van der Waals surface area contributed by atoms with E-state index in [1.807, 2.05) is 0 Å². The highest BCUT2D eigenvalue weighted by Crippen LogP contribution is 2.68. The molecule has 5 rings (SSSR count). The van der Waals surface area contributed by atoms with E-state index in [1.165, 1.54) is 32.1 Å². The molecule has 4 bridgehead atoms. The molecule has 1 aliphatic heterocycles. The van der Waals surface area contributed by atoms with Gasteiger partial charge in [0, 0.05) is 11.3 Å². The van der Waals surface area contributed by atoms with Crippen LogP contribution in [0.3, 0.4) is 0 Å². The first kappa shape index (κ1) is 8.43. The summed E-state index contributed by atoms with van der Waals surface area (Å²) in [5.74, 6) is 1.69. The lowest BCUT2D eigenvalue weighted by Gasteiger charge is -2.66. The summed E-state index contributed by atoms with van der Waals surface area (Å²) in [6, 6.07) is 0. The first-order valence-corrected chi connectivity index (χ1v) is 6.03. The maximum absolute atomic E-state index is 11.0. The largest absolute Gasteiger partial charge is 0.514 e. The molecule has 0 amide bonds. The average molecular weight is 208 g/mol. The molecular formula is C12H16O3. The Morgan fingerprint density at radius 1 is 1.13 bits per heavy atom. The van der Waals surface area contributed by atoms with E-state index >= 15 is 0 Å². The summed E-state index contributed by atoms with van der Waals surface area (Å²) < 4.78 is 10.9. The molecule has 3 heteroatoms. The summed E-state index contributed by atoms with van der Waals surface area (Å²) in [4.78, 5) is 11.0. The summed E-state index contributed by atoms with van der Waals surface area (Å²) in [5.41, 5.74) is 0.107. The molecule has 2 unspecified atom stereocenters. The molecule has 1 spiro atoms. The molecule has 82 valence electrons. The van der Waals surface area contributed by atoms with Gasteiger partial charge >= 0.3 is 6.16 Å². The molecule has 5 aliphatic rings. The third-order valence-electron chi connectivity index (χ3n) is 5.23. The van der Waals surface area contributed by atoms with Gasteiger partial charge in [-0.2, -0.15) is 0 Å². The van der Waals surface area contributed by atoms with Crippen molar-refractivity contribution >= 4 is 6.16 Å². The number of hydrogen-bond acceptors (Lipinski definition) is 3. The monoisotopic (exact) mass is 208 g/mol. The Hall–Kier alpha value is -0.730. The minimum Gasteiger partial charge on any atom is -0.390 e. The number of rotatable bonds is 0. The van der Waals surface area contributed by atoms with Crippen LogP contribution in [-0.4, -0.2) is 11.9 Å². The summed E-state index contributed by atoms with van der Waals surface area (Å²) in [6.07, 6.45) is 5.73. The zero-order chi connectivity index (χ0) is 10.3. The van der Waals surface area contributed by atoms with Crippen molar-refractivity contribution in [3.8, 4) is 0 Å². The van der Waals surface area contributed by atoms with E-state index in [-0.39, 0.29) is 5.41 Å². The molecule has 0 N–H and O–H groups in total. The van der Waals surface area contributed by atoms with Crippen LogP contribution in [0.25, 0.3) is 0 Å². The molecule has 3 nitrogen and oxygen atoms in total. The zero-order valence-electron chi connectivity index (χ0n) is 8.99. The molecule has 4 saturated carbocycles. The van der Waals surface area contributed by atoms with E-state index in [0.29, 0.717) is 5.92 Å². The van der Waals surface area contributed by atoms with E-state index in [0.717, 1.165) is 11.8 Å². The van der Waals surface area contributed by atoms with Crippen LogP contribution in [0.2, 0.25) is 0 Å². The van der Waals surface area contributed by atoms with E-state index in [1.54, 1.807) is 0 Å². The van der Waals surface area contributed by atoms with E-state index in [2.05, 4.69) is 6.92 Å². The summed E-state index contributed by atoms with van der Waals surface area (Å²) in [7, 11) is 0. The molecule has 5 fully saturated rings. The van der Waals surface area contributed by atoms with Gasteiger partial charge in [-0.05, 0) is 43.9 Å². The van der Waals surface area contributed by atoms with Crippen molar-refractivity contribution < 1.29 is 14.3 Å². The molecule has 0 aromatic carbocycles. The number of carbonyl (C=O) groups is 1. The maximum Gasteiger partial charge on any atom is 0.514 e. The highest BCUT2D eigenvalue weighted by atomic mass is 16.9. The summed E-state index contributed by atoms with van der Waals surface area (Å²) in [6.45, 7) is 2.25. The van der Waals surface area contributed by atoms with E-state index in [4.69, 9.17) is 9.47 Å². The molecule has 1 saturated heterocycles. The minimum atomic E-state index is -0.516. The number of ether oxygens (including phenoxy) is 2. The molecule has 15 heavy (non-hydrogen) atoms. The number of hydrogen-bond donors (Lipinski definition) is 0. The molecule has 0 radical (unpaired) electrons. The fourth-order valence-electron chi connectivity index (χ4n) is 5.01. The predicted octanol–water partition coefficient (Wildman–Crippen LogP) is 2.70. The van der Waals surface area contributed by atoms with Gasteiger partial charge in [0.05, 0.1) is 0 Å². The van der Waals surface area contributed by atoms with Gasteiger partial charge in [-0.1, -0.05) is 6.92 Å². The normalized spacial score (nSPS) is 53.7. The summed E-state index contributed by atoms with van der Waals surface area (Å²) in [5, 5.41) is 0. The molecule has 0 aromatic rings. The molecule has 1 heterocycles. The van der Waals surface area contributed by atoms with Gasteiger partial charge in [0.15, 0.2) is 0 Å². The lowest BCUT2D eigenvalue weighted by molar-refractivity contribution is -0.392. The third-order valence-corrected chi connectivity index (χ3v) is 5.23. The van der Waals surface area contributed by atoms with Gasteiger partial charge in [0.2, 0.25) is 0 Å². The lowest BCUT2D eigenvalue weighted by atomic mass is 9.47. The van der Waals surface area contributed by atoms with Gasteiger partial charge < -0.3 is 9.47 Å². The molecule has 0 aromatic heterocycles. The smallest absolute Gasteiger partial charge is 0.390 e. The van der Waals surface area contributed by atoms with E-state index in [9.17, 15) is 4.79 Å². The van der Waals surface area contributed by atoms with Crippen molar-refractivity contribution in [2.24, 2.45) is 23.2 Å².